The first-order valence-corrected chi connectivity index (χ1v) is 11.2. The summed E-state index contributed by atoms with van der Waals surface area (Å²) in [5, 5.41) is 4.77. The Morgan fingerprint density at radius 3 is 1.94 bits per heavy atom. The molecule has 36 heavy (non-hydrogen) atoms. The number of amides is 2. The number of carbonyl (C=O) groups excluding carboxylic acids is 4. The molecule has 0 bridgehead atoms. The van der Waals surface area contributed by atoms with E-state index in [2.05, 4.69) is 10.6 Å². The molecule has 0 radical (unpaired) electrons. The van der Waals surface area contributed by atoms with Crippen molar-refractivity contribution in [3.05, 3.63) is 113 Å². The van der Waals surface area contributed by atoms with Gasteiger partial charge in [0.2, 0.25) is 0 Å². The summed E-state index contributed by atoms with van der Waals surface area (Å²) in [6, 6.07) is 25.6. The second-order valence-electron chi connectivity index (χ2n) is 7.72. The molecular formula is C28H26N2O6. The molecular weight excluding hydrogens is 460 g/mol. The Kier molecular flexibility index (Phi) is 9.52. The third-order valence-corrected chi connectivity index (χ3v) is 5.08. The number of alkyl carbamates (subject to hydrolysis) is 1. The molecule has 0 saturated carbocycles. The topological polar surface area (TPSA) is 111 Å². The second kappa shape index (κ2) is 13.2. The molecule has 8 nitrogen and oxygen atoms in total. The maximum absolute atomic E-state index is 13.1. The third-order valence-electron chi connectivity index (χ3n) is 5.08. The van der Waals surface area contributed by atoms with Crippen LogP contribution in [0.2, 0.25) is 0 Å². The fraction of sp³-hybridized carbons (Fsp3) is 0.143. The third kappa shape index (κ3) is 7.95. The number of ketones is 1. The number of esters is 1. The first kappa shape index (κ1) is 25.9. The highest BCUT2D eigenvalue weighted by atomic mass is 16.5. The van der Waals surface area contributed by atoms with Gasteiger partial charge in [-0.2, -0.15) is 0 Å². The van der Waals surface area contributed by atoms with Crippen LogP contribution in [0.5, 0.6) is 0 Å². The summed E-state index contributed by atoms with van der Waals surface area (Å²) >= 11 is 0. The van der Waals surface area contributed by atoms with Crippen molar-refractivity contribution >= 4 is 29.8 Å². The molecule has 1 atom stereocenters. The molecule has 0 fully saturated rings. The van der Waals surface area contributed by atoms with Crippen LogP contribution in [-0.2, 0) is 36.9 Å². The number of benzene rings is 3. The summed E-state index contributed by atoms with van der Waals surface area (Å²) in [5.74, 6) is -2.83. The lowest BCUT2D eigenvalue weighted by Gasteiger charge is -2.17. The minimum Gasteiger partial charge on any atom is -0.467 e. The van der Waals surface area contributed by atoms with Gasteiger partial charge in [0.15, 0.2) is 0 Å². The van der Waals surface area contributed by atoms with E-state index >= 15 is 0 Å². The van der Waals surface area contributed by atoms with E-state index < -0.39 is 29.8 Å². The highest BCUT2D eigenvalue weighted by molar-refractivity contribution is 6.44. The molecule has 0 aromatic heterocycles. The second-order valence-corrected chi connectivity index (χ2v) is 7.72. The number of hydrogen-bond acceptors (Lipinski definition) is 6. The molecule has 0 heterocycles. The van der Waals surface area contributed by atoms with Gasteiger partial charge in [0.1, 0.15) is 12.6 Å². The van der Waals surface area contributed by atoms with Gasteiger partial charge >= 0.3 is 12.1 Å². The lowest BCUT2D eigenvalue weighted by molar-refractivity contribution is -0.146. The van der Waals surface area contributed by atoms with Crippen molar-refractivity contribution in [1.29, 1.82) is 0 Å². The molecule has 0 unspecified atom stereocenters. The molecule has 0 saturated heterocycles. The molecule has 8 heteroatoms. The summed E-state index contributed by atoms with van der Waals surface area (Å²) < 4.78 is 9.98. The van der Waals surface area contributed by atoms with Gasteiger partial charge in [-0.3, -0.25) is 14.9 Å². The SMILES string of the molecule is COC(=O)[C@H](Cc1ccccc1)NC(=O)C(=O)/C(=C/c1ccccc1)NC(=O)OCc1ccccc1. The molecule has 2 amide bonds. The first-order chi connectivity index (χ1) is 17.5. The number of ether oxygens (including phenoxy) is 2. The van der Waals surface area contributed by atoms with Crippen LogP contribution in [0.25, 0.3) is 6.08 Å². The van der Waals surface area contributed by atoms with Crippen LogP contribution in [0.3, 0.4) is 0 Å². The van der Waals surface area contributed by atoms with Crippen molar-refractivity contribution in [3.8, 4) is 0 Å². The zero-order valence-corrected chi connectivity index (χ0v) is 19.7. The standard InChI is InChI=1S/C28H26N2O6/c1-35-27(33)24(18-21-13-7-3-8-14-21)29-26(32)25(31)23(17-20-11-5-2-6-12-20)30-28(34)36-19-22-15-9-4-10-16-22/h2-17,24H,18-19H2,1H3,(H,29,32)(H,30,34)/b23-17-/t24-/m0/s1. The number of rotatable bonds is 10. The summed E-state index contributed by atoms with van der Waals surface area (Å²) in [6.45, 7) is -0.0207. The van der Waals surface area contributed by atoms with Gasteiger partial charge in [-0.1, -0.05) is 91.0 Å². The summed E-state index contributed by atoms with van der Waals surface area (Å²) in [7, 11) is 1.19. The number of hydrogen-bond donors (Lipinski definition) is 2. The van der Waals surface area contributed by atoms with Crippen LogP contribution >= 0.6 is 0 Å². The van der Waals surface area contributed by atoms with Gasteiger partial charge in [0.05, 0.1) is 12.8 Å². The van der Waals surface area contributed by atoms with E-state index in [9.17, 15) is 19.2 Å². The van der Waals surface area contributed by atoms with Gasteiger partial charge < -0.3 is 14.8 Å². The van der Waals surface area contributed by atoms with Crippen LogP contribution in [0.1, 0.15) is 16.7 Å². The first-order valence-electron chi connectivity index (χ1n) is 11.2. The van der Waals surface area contributed by atoms with Crippen molar-refractivity contribution in [1.82, 2.24) is 10.6 Å². The predicted molar refractivity (Wildman–Crippen MR) is 133 cm³/mol. The Bertz CT molecular complexity index is 1210. The van der Waals surface area contributed by atoms with Crippen LogP contribution in [0, 0.1) is 0 Å². The van der Waals surface area contributed by atoms with Crippen LogP contribution in [-0.4, -0.2) is 36.9 Å². The quantitative estimate of drug-likeness (QED) is 0.258. The van der Waals surface area contributed by atoms with Gasteiger partial charge in [0, 0.05) is 6.42 Å². The highest BCUT2D eigenvalue weighted by Gasteiger charge is 2.28. The van der Waals surface area contributed by atoms with Crippen LogP contribution in [0.4, 0.5) is 4.79 Å². The fourth-order valence-electron chi connectivity index (χ4n) is 3.27. The molecule has 0 aliphatic rings. The van der Waals surface area contributed by atoms with E-state index in [-0.39, 0.29) is 18.7 Å². The normalized spacial score (nSPS) is 11.6. The van der Waals surface area contributed by atoms with E-state index in [4.69, 9.17) is 9.47 Å². The van der Waals surface area contributed by atoms with Gasteiger partial charge in [-0.05, 0) is 22.8 Å². The average Bonchev–Trinajstić information content (AvgIpc) is 2.92. The molecule has 2 N–H and O–H groups in total. The zero-order valence-electron chi connectivity index (χ0n) is 19.7. The van der Waals surface area contributed by atoms with Crippen LogP contribution in [0.15, 0.2) is 96.7 Å². The smallest absolute Gasteiger partial charge is 0.412 e. The number of Topliss-reactive ketones (excluding diaryl/α,β-unsaturated/α-hetero) is 1. The average molecular weight is 487 g/mol. The highest BCUT2D eigenvalue weighted by Crippen LogP contribution is 2.09. The van der Waals surface area contributed by atoms with Crippen molar-refractivity contribution in [3.63, 3.8) is 0 Å². The Labute approximate surface area is 208 Å². The van der Waals surface area contributed by atoms with Gasteiger partial charge in [-0.25, -0.2) is 9.59 Å². The van der Waals surface area contributed by atoms with E-state index in [1.807, 2.05) is 12.1 Å². The van der Waals surface area contributed by atoms with E-state index in [0.717, 1.165) is 11.1 Å². The van der Waals surface area contributed by atoms with Gasteiger partial charge in [-0.15, -0.1) is 0 Å². The van der Waals surface area contributed by atoms with Gasteiger partial charge in [0.25, 0.3) is 11.7 Å². The van der Waals surface area contributed by atoms with Crippen molar-refractivity contribution in [2.75, 3.05) is 7.11 Å². The number of nitrogens with one attached hydrogen (secondary N) is 2. The summed E-state index contributed by atoms with van der Waals surface area (Å²) in [5.41, 5.74) is 1.79. The largest absolute Gasteiger partial charge is 0.467 e. The molecule has 3 aromatic carbocycles. The number of carbonyl (C=O) groups is 4. The van der Waals surface area contributed by atoms with E-state index in [1.165, 1.54) is 13.2 Å². The Hall–Kier alpha value is -4.72. The molecule has 184 valence electrons. The lowest BCUT2D eigenvalue weighted by Crippen LogP contribution is -2.47. The minimum absolute atomic E-state index is 0.0207. The Morgan fingerprint density at radius 1 is 0.806 bits per heavy atom. The van der Waals surface area contributed by atoms with E-state index in [0.29, 0.717) is 5.56 Å². The predicted octanol–water partition coefficient (Wildman–Crippen LogP) is 3.42. The molecule has 0 aliphatic carbocycles. The van der Waals surface area contributed by atoms with Crippen LogP contribution < -0.4 is 10.6 Å². The van der Waals surface area contributed by atoms with Crippen molar-refractivity contribution < 1.29 is 28.7 Å². The minimum atomic E-state index is -1.10. The zero-order chi connectivity index (χ0) is 25.8. The van der Waals surface area contributed by atoms with E-state index in [1.54, 1.807) is 78.9 Å². The van der Waals surface area contributed by atoms with Crippen molar-refractivity contribution in [2.24, 2.45) is 0 Å². The lowest BCUT2D eigenvalue weighted by atomic mass is 10.1. The maximum atomic E-state index is 13.1. The van der Waals surface area contributed by atoms with Crippen molar-refractivity contribution in [2.45, 2.75) is 19.1 Å². The maximum Gasteiger partial charge on any atom is 0.412 e. The molecule has 3 rings (SSSR count). The fourth-order valence-corrected chi connectivity index (χ4v) is 3.27. The number of methoxy groups -OCH3 is 1. The molecule has 0 aliphatic heterocycles. The molecule has 0 spiro atoms. The Morgan fingerprint density at radius 2 is 1.36 bits per heavy atom. The monoisotopic (exact) mass is 486 g/mol. The summed E-state index contributed by atoms with van der Waals surface area (Å²) in [6.07, 6.45) is 0.573. The molecule has 3 aromatic rings. The Balaban J connectivity index is 1.75. The summed E-state index contributed by atoms with van der Waals surface area (Å²) in [4.78, 5) is 50.6.